The van der Waals surface area contributed by atoms with Gasteiger partial charge >= 0.3 is 5.97 Å². The number of aromatic nitrogens is 2. The Labute approximate surface area is 243 Å². The molecule has 42 heavy (non-hydrogen) atoms. The second-order valence-electron chi connectivity index (χ2n) is 9.78. The number of anilines is 2. The number of aliphatic carboxylic acids is 1. The first-order valence-corrected chi connectivity index (χ1v) is 13.4. The van der Waals surface area contributed by atoms with Crippen LogP contribution in [0.5, 0.6) is 0 Å². The van der Waals surface area contributed by atoms with Gasteiger partial charge in [-0.15, -0.1) is 0 Å². The van der Waals surface area contributed by atoms with Gasteiger partial charge in [0.15, 0.2) is 0 Å². The summed E-state index contributed by atoms with van der Waals surface area (Å²) >= 11 is 6.29. The fourth-order valence-corrected chi connectivity index (χ4v) is 5.25. The second kappa shape index (κ2) is 11.3. The van der Waals surface area contributed by atoms with Gasteiger partial charge in [0.05, 0.1) is 23.5 Å². The molecule has 2 aliphatic rings. The number of rotatable bonds is 5. The van der Waals surface area contributed by atoms with Crippen LogP contribution >= 0.6 is 11.6 Å². The van der Waals surface area contributed by atoms with E-state index in [0.29, 0.717) is 51.7 Å². The molecular weight excluding hydrogens is 566 g/mol. The molecule has 3 N–H and O–H groups in total. The number of piperazine rings is 1. The molecule has 212 valence electrons. The van der Waals surface area contributed by atoms with Crippen LogP contribution in [-0.4, -0.2) is 63.2 Å². The number of nitrogens with zero attached hydrogens (tertiary/aromatic N) is 4. The molecule has 4 aromatic rings. The SMILES string of the molecule is O=C(O)C1CNCCN1C(=O)c1ccc(Nc2ncc3c(n2)-c2ccc(Cl)cc2C(c2c(F)cccc2F)=NC3)cc1. The zero-order chi connectivity index (χ0) is 29.4. The van der Waals surface area contributed by atoms with Crippen LogP contribution in [-0.2, 0) is 11.3 Å². The summed E-state index contributed by atoms with van der Waals surface area (Å²) < 4.78 is 29.6. The maximum Gasteiger partial charge on any atom is 0.327 e. The van der Waals surface area contributed by atoms with Crippen molar-refractivity contribution in [2.24, 2.45) is 4.99 Å². The number of aliphatic imine (C=N–C) groups is 1. The lowest BCUT2D eigenvalue weighted by atomic mass is 9.95. The van der Waals surface area contributed by atoms with Gasteiger partial charge in [0.2, 0.25) is 5.95 Å². The summed E-state index contributed by atoms with van der Waals surface area (Å²) in [4.78, 5) is 39.6. The van der Waals surface area contributed by atoms with E-state index in [1.165, 1.54) is 23.1 Å². The molecule has 12 heteroatoms. The number of carbonyl (C=O) groups is 2. The Bertz CT molecular complexity index is 1730. The first-order chi connectivity index (χ1) is 20.3. The molecule has 0 aliphatic carbocycles. The van der Waals surface area contributed by atoms with E-state index in [9.17, 15) is 23.5 Å². The number of halogens is 3. The highest BCUT2D eigenvalue weighted by Crippen LogP contribution is 2.34. The number of benzene rings is 3. The molecule has 9 nitrogen and oxygen atoms in total. The first-order valence-electron chi connectivity index (χ1n) is 13.1. The molecule has 1 unspecified atom stereocenters. The predicted octanol–water partition coefficient (Wildman–Crippen LogP) is 4.67. The van der Waals surface area contributed by atoms with E-state index >= 15 is 0 Å². The van der Waals surface area contributed by atoms with E-state index in [2.05, 4.69) is 20.6 Å². The smallest absolute Gasteiger partial charge is 0.327 e. The van der Waals surface area contributed by atoms with Crippen LogP contribution in [0.3, 0.4) is 0 Å². The lowest BCUT2D eigenvalue weighted by Gasteiger charge is -2.33. The Morgan fingerprint density at radius 1 is 1.05 bits per heavy atom. The number of amides is 1. The summed E-state index contributed by atoms with van der Waals surface area (Å²) in [6, 6.07) is 14.3. The minimum absolute atomic E-state index is 0.0885. The molecule has 3 aromatic carbocycles. The highest BCUT2D eigenvalue weighted by Gasteiger charge is 2.32. The van der Waals surface area contributed by atoms with Crippen molar-refractivity contribution in [1.29, 1.82) is 0 Å². The van der Waals surface area contributed by atoms with Crippen LogP contribution in [0, 0.1) is 11.6 Å². The minimum atomic E-state index is -1.06. The molecule has 3 heterocycles. The van der Waals surface area contributed by atoms with Gasteiger partial charge in [-0.25, -0.2) is 23.5 Å². The third kappa shape index (κ3) is 5.19. The Kier molecular flexibility index (Phi) is 7.36. The van der Waals surface area contributed by atoms with Crippen LogP contribution in [0.25, 0.3) is 11.3 Å². The van der Waals surface area contributed by atoms with Crippen LogP contribution in [0.1, 0.15) is 27.0 Å². The van der Waals surface area contributed by atoms with E-state index in [1.807, 2.05) is 0 Å². The van der Waals surface area contributed by atoms with Crippen molar-refractivity contribution in [3.8, 4) is 11.3 Å². The molecule has 0 bridgehead atoms. The zero-order valence-electron chi connectivity index (χ0n) is 21.9. The van der Waals surface area contributed by atoms with Crippen LogP contribution < -0.4 is 10.6 Å². The van der Waals surface area contributed by atoms with Gasteiger partial charge in [-0.05, 0) is 48.5 Å². The van der Waals surface area contributed by atoms with Gasteiger partial charge in [-0.1, -0.05) is 23.7 Å². The second-order valence-corrected chi connectivity index (χ2v) is 10.2. The number of nitrogens with one attached hydrogen (secondary N) is 2. The summed E-state index contributed by atoms with van der Waals surface area (Å²) in [7, 11) is 0. The summed E-state index contributed by atoms with van der Waals surface area (Å²) in [5, 5.41) is 16.0. The van der Waals surface area contributed by atoms with Crippen molar-refractivity contribution in [1.82, 2.24) is 20.2 Å². The van der Waals surface area contributed by atoms with Gasteiger partial charge in [-0.2, -0.15) is 0 Å². The molecule has 1 aromatic heterocycles. The summed E-state index contributed by atoms with van der Waals surface area (Å²) in [5.74, 6) is -2.65. The molecule has 0 spiro atoms. The Hall–Kier alpha value is -4.74. The third-order valence-corrected chi connectivity index (χ3v) is 7.38. The Morgan fingerprint density at radius 3 is 2.55 bits per heavy atom. The van der Waals surface area contributed by atoms with Gasteiger partial charge in [0.1, 0.15) is 17.7 Å². The fourth-order valence-electron chi connectivity index (χ4n) is 5.08. The maximum absolute atomic E-state index is 14.8. The van der Waals surface area contributed by atoms with Gasteiger partial charge in [0.25, 0.3) is 5.91 Å². The average Bonchev–Trinajstić information content (AvgIpc) is 3.13. The quantitative estimate of drug-likeness (QED) is 0.310. The van der Waals surface area contributed by atoms with Gasteiger partial charge < -0.3 is 20.6 Å². The largest absolute Gasteiger partial charge is 0.480 e. The average molecular weight is 589 g/mol. The highest BCUT2D eigenvalue weighted by atomic mass is 35.5. The van der Waals surface area contributed by atoms with E-state index in [4.69, 9.17) is 16.6 Å². The number of hydrogen-bond acceptors (Lipinski definition) is 7. The number of carboxylic acid groups (broad SMARTS) is 1. The number of hydrogen-bond donors (Lipinski definition) is 3. The molecule has 0 saturated carbocycles. The third-order valence-electron chi connectivity index (χ3n) is 7.14. The standard InChI is InChI=1S/C30H23ClF2N6O3/c31-18-6-9-20-21(12-18)27(25-22(32)2-1-3-23(25)33)35-13-17-14-36-30(38-26(17)20)37-19-7-4-16(5-8-19)28(40)39-11-10-34-15-24(39)29(41)42/h1-9,12,14,24,34H,10-11,13,15H2,(H,41,42)(H,36,37,38). The molecule has 1 saturated heterocycles. The molecule has 0 radical (unpaired) electrons. The van der Waals surface area contributed by atoms with Crippen molar-refractivity contribution in [2.45, 2.75) is 12.6 Å². The van der Waals surface area contributed by atoms with Gasteiger partial charge in [0, 0.05) is 58.8 Å². The van der Waals surface area contributed by atoms with E-state index in [-0.39, 0.29) is 36.2 Å². The van der Waals surface area contributed by atoms with Crippen LogP contribution in [0.4, 0.5) is 20.4 Å². The van der Waals surface area contributed by atoms with Crippen molar-refractivity contribution in [3.63, 3.8) is 0 Å². The summed E-state index contributed by atoms with van der Waals surface area (Å²) in [6.07, 6.45) is 1.60. The summed E-state index contributed by atoms with van der Waals surface area (Å²) in [5.41, 5.74) is 3.04. The van der Waals surface area contributed by atoms with Crippen molar-refractivity contribution < 1.29 is 23.5 Å². The monoisotopic (exact) mass is 588 g/mol. The lowest BCUT2D eigenvalue weighted by molar-refractivity contribution is -0.142. The normalized spacial score (nSPS) is 16.1. The highest BCUT2D eigenvalue weighted by molar-refractivity contribution is 6.31. The minimum Gasteiger partial charge on any atom is -0.480 e. The fraction of sp³-hybridized carbons (Fsp3) is 0.167. The van der Waals surface area contributed by atoms with E-state index in [1.54, 1.807) is 48.7 Å². The topological polar surface area (TPSA) is 120 Å². The van der Waals surface area contributed by atoms with E-state index in [0.717, 1.165) is 0 Å². The Balaban J connectivity index is 1.29. The maximum atomic E-state index is 14.8. The van der Waals surface area contributed by atoms with Gasteiger partial charge in [-0.3, -0.25) is 9.79 Å². The zero-order valence-corrected chi connectivity index (χ0v) is 22.7. The molecule has 1 amide bonds. The number of fused-ring (bicyclic) bond motifs is 3. The van der Waals surface area contributed by atoms with Crippen molar-refractivity contribution >= 4 is 40.8 Å². The van der Waals surface area contributed by atoms with Crippen LogP contribution in [0.15, 0.2) is 71.9 Å². The lowest BCUT2D eigenvalue weighted by Crippen LogP contribution is -2.56. The predicted molar refractivity (Wildman–Crippen MR) is 153 cm³/mol. The number of carboxylic acids is 1. The molecule has 1 atom stereocenters. The molecule has 2 aliphatic heterocycles. The van der Waals surface area contributed by atoms with E-state index < -0.39 is 23.6 Å². The van der Waals surface area contributed by atoms with Crippen LogP contribution in [0.2, 0.25) is 5.02 Å². The molecule has 6 rings (SSSR count). The number of carbonyl (C=O) groups excluding carboxylic acids is 1. The molecular formula is C30H23ClF2N6O3. The first kappa shape index (κ1) is 27.4. The van der Waals surface area contributed by atoms with Crippen molar-refractivity contribution in [3.05, 3.63) is 106 Å². The molecule has 1 fully saturated rings. The van der Waals surface area contributed by atoms with Crippen molar-refractivity contribution in [2.75, 3.05) is 25.0 Å². The summed E-state index contributed by atoms with van der Waals surface area (Å²) in [6.45, 7) is 1.08. The Morgan fingerprint density at radius 2 is 1.81 bits per heavy atom.